The van der Waals surface area contributed by atoms with Crippen LogP contribution in [0.2, 0.25) is 0 Å². The lowest BCUT2D eigenvalue weighted by molar-refractivity contribution is -0.150. The van der Waals surface area contributed by atoms with Gasteiger partial charge in [-0.25, -0.2) is 4.79 Å². The van der Waals surface area contributed by atoms with Crippen molar-refractivity contribution >= 4 is 38.6 Å². The number of amides is 1. The highest BCUT2D eigenvalue weighted by Crippen LogP contribution is 2.24. The summed E-state index contributed by atoms with van der Waals surface area (Å²) in [6.45, 7) is 3.85. The summed E-state index contributed by atoms with van der Waals surface area (Å²) in [5.74, 6) is -0.343. The number of nitrogens with zero attached hydrogens (tertiary/aromatic N) is 1. The zero-order valence-corrected chi connectivity index (χ0v) is 18.8. The van der Waals surface area contributed by atoms with E-state index in [-0.39, 0.29) is 24.6 Å². The fourth-order valence-electron chi connectivity index (χ4n) is 3.03. The second kappa shape index (κ2) is 10.3. The van der Waals surface area contributed by atoms with Crippen LogP contribution in [-0.4, -0.2) is 29.2 Å². The normalized spacial score (nSPS) is 11.7. The van der Waals surface area contributed by atoms with Crippen LogP contribution in [0.15, 0.2) is 64.0 Å². The minimum absolute atomic E-state index is 0.102. The molecule has 0 aliphatic carbocycles. The van der Waals surface area contributed by atoms with Gasteiger partial charge in [-0.15, -0.1) is 0 Å². The van der Waals surface area contributed by atoms with Crippen LogP contribution in [0.4, 0.5) is 0 Å². The molecule has 0 aliphatic rings. The van der Waals surface area contributed by atoms with E-state index in [2.05, 4.69) is 21.2 Å². The van der Waals surface area contributed by atoms with Crippen LogP contribution >= 0.6 is 15.9 Å². The molecule has 3 aromatic rings. The lowest BCUT2D eigenvalue weighted by Crippen LogP contribution is -2.32. The molecule has 3 rings (SSSR count). The third-order valence-electron chi connectivity index (χ3n) is 4.62. The SMILES string of the molecule is CCOC(=O)C(C)Oc1cccc2c(=O)n(CC(=O)NCc3ccc(Br)cc3)ccc12. The molecule has 0 bridgehead atoms. The lowest BCUT2D eigenvalue weighted by Gasteiger charge is -2.15. The maximum absolute atomic E-state index is 12.9. The van der Waals surface area contributed by atoms with E-state index < -0.39 is 12.1 Å². The maximum atomic E-state index is 12.9. The average molecular weight is 487 g/mol. The van der Waals surface area contributed by atoms with Crippen molar-refractivity contribution in [3.63, 3.8) is 0 Å². The number of halogens is 1. The molecule has 1 N–H and O–H groups in total. The molecule has 1 heterocycles. The average Bonchev–Trinajstić information content (AvgIpc) is 2.76. The van der Waals surface area contributed by atoms with Crippen molar-refractivity contribution in [1.82, 2.24) is 9.88 Å². The summed E-state index contributed by atoms with van der Waals surface area (Å²) in [7, 11) is 0. The summed E-state index contributed by atoms with van der Waals surface area (Å²) >= 11 is 3.37. The number of ether oxygens (including phenoxy) is 2. The molecular formula is C23H23BrN2O5. The van der Waals surface area contributed by atoms with Crippen LogP contribution in [0.1, 0.15) is 19.4 Å². The van der Waals surface area contributed by atoms with Gasteiger partial charge in [0.2, 0.25) is 5.91 Å². The van der Waals surface area contributed by atoms with Crippen LogP contribution in [0.25, 0.3) is 10.8 Å². The molecule has 31 heavy (non-hydrogen) atoms. The van der Waals surface area contributed by atoms with Gasteiger partial charge in [0.15, 0.2) is 6.10 Å². The number of benzene rings is 2. The van der Waals surface area contributed by atoms with Gasteiger partial charge in [0.1, 0.15) is 12.3 Å². The monoisotopic (exact) mass is 486 g/mol. The summed E-state index contributed by atoms with van der Waals surface area (Å²) in [6, 6.07) is 14.3. The van der Waals surface area contributed by atoms with Crippen molar-refractivity contribution in [2.24, 2.45) is 0 Å². The third kappa shape index (κ3) is 5.73. The van der Waals surface area contributed by atoms with Gasteiger partial charge in [-0.3, -0.25) is 9.59 Å². The number of nitrogens with one attached hydrogen (secondary N) is 1. The molecule has 0 spiro atoms. The molecule has 0 aliphatic heterocycles. The zero-order chi connectivity index (χ0) is 22.4. The van der Waals surface area contributed by atoms with E-state index in [0.717, 1.165) is 10.0 Å². The molecule has 8 heteroatoms. The fourth-order valence-corrected chi connectivity index (χ4v) is 3.29. The molecule has 1 unspecified atom stereocenters. The predicted molar refractivity (Wildman–Crippen MR) is 121 cm³/mol. The highest BCUT2D eigenvalue weighted by atomic mass is 79.9. The summed E-state index contributed by atoms with van der Waals surface area (Å²) in [5, 5.41) is 3.78. The van der Waals surface area contributed by atoms with Gasteiger partial charge < -0.3 is 19.4 Å². The first-order valence-electron chi connectivity index (χ1n) is 9.85. The van der Waals surface area contributed by atoms with E-state index in [9.17, 15) is 14.4 Å². The molecule has 1 amide bonds. The number of aromatic nitrogens is 1. The summed E-state index contributed by atoms with van der Waals surface area (Å²) in [5.41, 5.74) is 0.644. The topological polar surface area (TPSA) is 86.6 Å². The number of pyridine rings is 1. The Hall–Kier alpha value is -3.13. The molecule has 0 radical (unpaired) electrons. The highest BCUT2D eigenvalue weighted by molar-refractivity contribution is 9.10. The smallest absolute Gasteiger partial charge is 0.347 e. The van der Waals surface area contributed by atoms with Crippen LogP contribution in [-0.2, 0) is 27.4 Å². The summed E-state index contributed by atoms with van der Waals surface area (Å²) in [4.78, 5) is 37.1. The van der Waals surface area contributed by atoms with Crippen molar-refractivity contribution in [1.29, 1.82) is 0 Å². The summed E-state index contributed by atoms with van der Waals surface area (Å²) < 4.78 is 13.0. The maximum Gasteiger partial charge on any atom is 0.347 e. The second-order valence-corrected chi connectivity index (χ2v) is 7.80. The molecule has 162 valence electrons. The minimum atomic E-state index is -0.808. The van der Waals surface area contributed by atoms with Crippen molar-refractivity contribution in [2.75, 3.05) is 6.61 Å². The highest BCUT2D eigenvalue weighted by Gasteiger charge is 2.18. The number of carbonyl (C=O) groups is 2. The Morgan fingerprint density at radius 3 is 2.55 bits per heavy atom. The Morgan fingerprint density at radius 2 is 1.84 bits per heavy atom. The molecular weight excluding hydrogens is 464 g/mol. The molecule has 1 aromatic heterocycles. The Labute approximate surface area is 188 Å². The van der Waals surface area contributed by atoms with Crippen molar-refractivity contribution < 1.29 is 19.1 Å². The van der Waals surface area contributed by atoms with Gasteiger partial charge in [-0.1, -0.05) is 34.1 Å². The summed E-state index contributed by atoms with van der Waals surface area (Å²) in [6.07, 6.45) is 0.739. The molecule has 2 aromatic carbocycles. The molecule has 0 fully saturated rings. The largest absolute Gasteiger partial charge is 0.478 e. The number of carbonyl (C=O) groups excluding carboxylic acids is 2. The van der Waals surface area contributed by atoms with Gasteiger partial charge in [-0.2, -0.15) is 0 Å². The van der Waals surface area contributed by atoms with Gasteiger partial charge in [0.25, 0.3) is 5.56 Å². The van der Waals surface area contributed by atoms with E-state index in [4.69, 9.17) is 9.47 Å². The Bertz CT molecular complexity index is 1140. The van der Waals surface area contributed by atoms with Crippen LogP contribution in [0.5, 0.6) is 5.75 Å². The quantitative estimate of drug-likeness (QED) is 0.493. The van der Waals surface area contributed by atoms with E-state index >= 15 is 0 Å². The molecule has 0 saturated heterocycles. The van der Waals surface area contributed by atoms with Gasteiger partial charge in [0, 0.05) is 22.6 Å². The zero-order valence-electron chi connectivity index (χ0n) is 17.3. The van der Waals surface area contributed by atoms with Crippen LogP contribution < -0.4 is 15.6 Å². The first-order valence-corrected chi connectivity index (χ1v) is 10.6. The van der Waals surface area contributed by atoms with Gasteiger partial charge >= 0.3 is 5.97 Å². The predicted octanol–water partition coefficient (Wildman–Crippen LogP) is 3.41. The number of hydrogen-bond acceptors (Lipinski definition) is 5. The Kier molecular flexibility index (Phi) is 7.46. The standard InChI is InChI=1S/C23H23BrN2O5/c1-3-30-23(29)15(2)31-20-6-4-5-19-18(20)11-12-26(22(19)28)14-21(27)25-13-16-7-9-17(24)10-8-16/h4-12,15H,3,13-14H2,1-2H3,(H,25,27). The van der Waals surface area contributed by atoms with Gasteiger partial charge in [0.05, 0.1) is 12.0 Å². The van der Waals surface area contributed by atoms with Crippen LogP contribution in [0.3, 0.4) is 0 Å². The Balaban J connectivity index is 1.73. The van der Waals surface area contributed by atoms with Gasteiger partial charge in [-0.05, 0) is 49.7 Å². The van der Waals surface area contributed by atoms with E-state index in [0.29, 0.717) is 23.1 Å². The third-order valence-corrected chi connectivity index (χ3v) is 5.15. The Morgan fingerprint density at radius 1 is 1.10 bits per heavy atom. The number of rotatable bonds is 8. The van der Waals surface area contributed by atoms with E-state index in [1.165, 1.54) is 4.57 Å². The van der Waals surface area contributed by atoms with Crippen LogP contribution in [0, 0.1) is 0 Å². The van der Waals surface area contributed by atoms with Crippen molar-refractivity contribution in [3.05, 3.63) is 75.1 Å². The van der Waals surface area contributed by atoms with Crippen molar-refractivity contribution in [3.8, 4) is 5.75 Å². The lowest BCUT2D eigenvalue weighted by atomic mass is 10.1. The minimum Gasteiger partial charge on any atom is -0.478 e. The molecule has 1 atom stereocenters. The number of hydrogen-bond donors (Lipinski definition) is 1. The molecule has 0 saturated carbocycles. The van der Waals surface area contributed by atoms with E-state index in [1.807, 2.05) is 24.3 Å². The fraction of sp³-hybridized carbons (Fsp3) is 0.261. The molecule has 7 nitrogen and oxygen atoms in total. The second-order valence-electron chi connectivity index (χ2n) is 6.88. The first kappa shape index (κ1) is 22.6. The first-order chi connectivity index (χ1) is 14.9. The van der Waals surface area contributed by atoms with E-state index in [1.54, 1.807) is 44.3 Å². The number of esters is 1. The number of fused-ring (bicyclic) bond motifs is 1. The van der Waals surface area contributed by atoms with Crippen molar-refractivity contribution in [2.45, 2.75) is 33.0 Å².